The van der Waals surface area contributed by atoms with Gasteiger partial charge in [0.2, 0.25) is 0 Å². The van der Waals surface area contributed by atoms with Gasteiger partial charge >= 0.3 is 6.03 Å². The van der Waals surface area contributed by atoms with E-state index < -0.39 is 0 Å². The molecule has 0 radical (unpaired) electrons. The van der Waals surface area contributed by atoms with Crippen molar-refractivity contribution < 1.29 is 4.79 Å². The number of nitrogens with zero attached hydrogens (tertiary/aromatic N) is 1. The third-order valence-electron chi connectivity index (χ3n) is 1.91. The lowest BCUT2D eigenvalue weighted by molar-refractivity contribution is 0.252. The minimum Gasteiger partial charge on any atom is -0.397 e. The van der Waals surface area contributed by atoms with E-state index in [1.165, 1.54) is 6.20 Å². The van der Waals surface area contributed by atoms with Crippen molar-refractivity contribution in [1.29, 1.82) is 0 Å². The van der Waals surface area contributed by atoms with Gasteiger partial charge in [0.1, 0.15) is 5.82 Å². The van der Waals surface area contributed by atoms with Crippen LogP contribution in [0.15, 0.2) is 16.7 Å². The summed E-state index contributed by atoms with van der Waals surface area (Å²) in [6.45, 7) is 2.73. The highest BCUT2D eigenvalue weighted by Gasteiger charge is 2.05. The zero-order valence-corrected chi connectivity index (χ0v) is 10.7. The molecule has 4 N–H and O–H groups in total. The molecular weight excluding hydrogens is 272 g/mol. The number of rotatable bonds is 4. The van der Waals surface area contributed by atoms with Gasteiger partial charge in [-0.1, -0.05) is 13.3 Å². The maximum Gasteiger partial charge on any atom is 0.320 e. The van der Waals surface area contributed by atoms with Crippen molar-refractivity contribution in [3.8, 4) is 0 Å². The first kappa shape index (κ1) is 12.8. The number of hydrogen-bond acceptors (Lipinski definition) is 3. The van der Waals surface area contributed by atoms with Gasteiger partial charge in [-0.15, -0.1) is 0 Å². The van der Waals surface area contributed by atoms with Gasteiger partial charge in [-0.25, -0.2) is 9.78 Å². The second-order valence-corrected chi connectivity index (χ2v) is 4.19. The van der Waals surface area contributed by atoms with Gasteiger partial charge in [0.15, 0.2) is 0 Å². The van der Waals surface area contributed by atoms with Gasteiger partial charge < -0.3 is 11.1 Å². The van der Waals surface area contributed by atoms with E-state index in [2.05, 4.69) is 38.5 Å². The van der Waals surface area contributed by atoms with Crippen LogP contribution in [0.25, 0.3) is 0 Å². The molecule has 1 rings (SSSR count). The highest BCUT2D eigenvalue weighted by Crippen LogP contribution is 2.21. The number of aromatic nitrogens is 1. The number of urea groups is 1. The number of carbonyl (C=O) groups is 1. The molecule has 0 bridgehead atoms. The van der Waals surface area contributed by atoms with E-state index in [0.29, 0.717) is 22.5 Å². The normalized spacial score (nSPS) is 9.88. The zero-order chi connectivity index (χ0) is 12.0. The molecule has 16 heavy (non-hydrogen) atoms. The Kier molecular flexibility index (Phi) is 5.04. The van der Waals surface area contributed by atoms with Gasteiger partial charge in [0.25, 0.3) is 0 Å². The van der Waals surface area contributed by atoms with E-state index in [-0.39, 0.29) is 6.03 Å². The monoisotopic (exact) mass is 286 g/mol. The van der Waals surface area contributed by atoms with E-state index in [1.54, 1.807) is 6.07 Å². The molecule has 0 unspecified atom stereocenters. The van der Waals surface area contributed by atoms with Gasteiger partial charge in [0, 0.05) is 6.54 Å². The minimum atomic E-state index is -0.258. The number of nitrogen functional groups attached to an aromatic ring is 1. The molecular formula is C10H15BrN4O. The third kappa shape index (κ3) is 4.06. The van der Waals surface area contributed by atoms with Crippen LogP contribution < -0.4 is 16.4 Å². The highest BCUT2D eigenvalue weighted by atomic mass is 79.9. The van der Waals surface area contributed by atoms with Crippen LogP contribution in [0.2, 0.25) is 0 Å². The summed E-state index contributed by atoms with van der Waals surface area (Å²) < 4.78 is 0.665. The predicted octanol–water partition coefficient (Wildman–Crippen LogP) is 2.35. The van der Waals surface area contributed by atoms with Crippen LogP contribution in [-0.4, -0.2) is 17.6 Å². The molecule has 6 heteroatoms. The SMILES string of the molecule is CCCCNC(=O)Nc1ncc(N)cc1Br. The molecule has 0 spiro atoms. The fourth-order valence-electron chi connectivity index (χ4n) is 1.08. The average molecular weight is 287 g/mol. The minimum absolute atomic E-state index is 0.258. The quantitative estimate of drug-likeness (QED) is 0.744. The van der Waals surface area contributed by atoms with Gasteiger partial charge in [-0.05, 0) is 28.4 Å². The summed E-state index contributed by atoms with van der Waals surface area (Å²) in [5.74, 6) is 0.461. The first-order chi connectivity index (χ1) is 7.63. The number of hydrogen-bond donors (Lipinski definition) is 3. The molecule has 5 nitrogen and oxygen atoms in total. The van der Waals surface area contributed by atoms with Crippen molar-refractivity contribution in [3.63, 3.8) is 0 Å². The van der Waals surface area contributed by atoms with Crippen molar-refractivity contribution in [2.75, 3.05) is 17.6 Å². The Labute approximate surface area is 103 Å². The van der Waals surface area contributed by atoms with Crippen molar-refractivity contribution >= 4 is 33.5 Å². The molecule has 0 fully saturated rings. The summed E-state index contributed by atoms with van der Waals surface area (Å²) in [6, 6.07) is 1.43. The fourth-order valence-corrected chi connectivity index (χ4v) is 1.54. The summed E-state index contributed by atoms with van der Waals surface area (Å²) in [5.41, 5.74) is 6.08. The first-order valence-corrected chi connectivity index (χ1v) is 5.88. The van der Waals surface area contributed by atoms with Crippen LogP contribution in [0.3, 0.4) is 0 Å². The summed E-state index contributed by atoms with van der Waals surface area (Å²) in [4.78, 5) is 15.4. The van der Waals surface area contributed by atoms with Gasteiger partial charge in [0.05, 0.1) is 16.4 Å². The van der Waals surface area contributed by atoms with Gasteiger partial charge in [-0.2, -0.15) is 0 Å². The molecule has 0 aliphatic rings. The second kappa shape index (κ2) is 6.32. The molecule has 88 valence electrons. The lowest BCUT2D eigenvalue weighted by Gasteiger charge is -2.08. The summed E-state index contributed by atoms with van der Waals surface area (Å²) in [7, 11) is 0. The second-order valence-electron chi connectivity index (χ2n) is 3.33. The molecule has 0 saturated heterocycles. The predicted molar refractivity (Wildman–Crippen MR) is 68.3 cm³/mol. The number of nitrogens with one attached hydrogen (secondary N) is 2. The first-order valence-electron chi connectivity index (χ1n) is 5.09. The highest BCUT2D eigenvalue weighted by molar-refractivity contribution is 9.10. The largest absolute Gasteiger partial charge is 0.397 e. The number of carbonyl (C=O) groups excluding carboxylic acids is 1. The molecule has 0 atom stereocenters. The van der Waals surface area contributed by atoms with Crippen LogP contribution in [0, 0.1) is 0 Å². The number of anilines is 2. The molecule has 1 aromatic rings. The van der Waals surface area contributed by atoms with Crippen LogP contribution in [0.4, 0.5) is 16.3 Å². The Morgan fingerprint density at radius 3 is 3.00 bits per heavy atom. The van der Waals surface area contributed by atoms with Crippen LogP contribution in [0.1, 0.15) is 19.8 Å². The number of amides is 2. The van der Waals surface area contributed by atoms with Crippen LogP contribution in [0.5, 0.6) is 0 Å². The van der Waals surface area contributed by atoms with E-state index in [0.717, 1.165) is 12.8 Å². The van der Waals surface area contributed by atoms with Crippen LogP contribution in [-0.2, 0) is 0 Å². The Morgan fingerprint density at radius 2 is 2.38 bits per heavy atom. The Hall–Kier alpha value is -1.30. The maximum atomic E-state index is 11.4. The maximum absolute atomic E-state index is 11.4. The third-order valence-corrected chi connectivity index (χ3v) is 2.51. The van der Waals surface area contributed by atoms with E-state index >= 15 is 0 Å². The van der Waals surface area contributed by atoms with Crippen molar-refractivity contribution in [2.45, 2.75) is 19.8 Å². The lowest BCUT2D eigenvalue weighted by Crippen LogP contribution is -2.29. The van der Waals surface area contributed by atoms with Crippen molar-refractivity contribution in [1.82, 2.24) is 10.3 Å². The molecule has 1 heterocycles. The molecule has 1 aromatic heterocycles. The Morgan fingerprint density at radius 1 is 1.62 bits per heavy atom. The van der Waals surface area contributed by atoms with Crippen LogP contribution >= 0.6 is 15.9 Å². The molecule has 2 amide bonds. The fraction of sp³-hybridized carbons (Fsp3) is 0.400. The number of pyridine rings is 1. The summed E-state index contributed by atoms with van der Waals surface area (Å²) >= 11 is 3.27. The topological polar surface area (TPSA) is 80.0 Å². The standard InChI is InChI=1S/C10H15BrN4O/c1-2-3-4-13-10(16)15-9-8(11)5-7(12)6-14-9/h5-6H,2-4,12H2,1H3,(H2,13,14,15,16). The zero-order valence-electron chi connectivity index (χ0n) is 9.09. The molecule has 0 saturated carbocycles. The average Bonchev–Trinajstić information content (AvgIpc) is 2.23. The van der Waals surface area contributed by atoms with E-state index in [1.807, 2.05) is 0 Å². The molecule has 0 aliphatic heterocycles. The number of unbranched alkanes of at least 4 members (excludes halogenated alkanes) is 1. The lowest BCUT2D eigenvalue weighted by atomic mass is 10.3. The van der Waals surface area contributed by atoms with Crippen molar-refractivity contribution in [3.05, 3.63) is 16.7 Å². The molecule has 0 aliphatic carbocycles. The number of nitrogens with two attached hydrogens (primary N) is 1. The Bertz CT molecular complexity index is 370. The van der Waals surface area contributed by atoms with Gasteiger partial charge in [-0.3, -0.25) is 5.32 Å². The van der Waals surface area contributed by atoms with Crippen molar-refractivity contribution in [2.24, 2.45) is 0 Å². The van der Waals surface area contributed by atoms with E-state index in [4.69, 9.17) is 5.73 Å². The summed E-state index contributed by atoms with van der Waals surface area (Å²) in [6.07, 6.45) is 3.50. The number of halogens is 1. The van der Waals surface area contributed by atoms with E-state index in [9.17, 15) is 4.79 Å². The molecule has 0 aromatic carbocycles. The Balaban J connectivity index is 2.49. The summed E-state index contributed by atoms with van der Waals surface area (Å²) in [5, 5.41) is 5.36. The smallest absolute Gasteiger partial charge is 0.320 e.